The molecule has 210 valence electrons. The van der Waals surface area contributed by atoms with Gasteiger partial charge in [0.2, 0.25) is 0 Å². The van der Waals surface area contributed by atoms with Crippen molar-refractivity contribution in [3.8, 4) is 6.07 Å². The summed E-state index contributed by atoms with van der Waals surface area (Å²) in [5, 5.41) is 13.6. The zero-order valence-corrected chi connectivity index (χ0v) is 24.0. The number of nitrogens with one attached hydrogen (secondary N) is 1. The number of carbonyl (C=O) groups excluding carboxylic acids is 2. The topological polar surface area (TPSA) is 82.4 Å². The van der Waals surface area contributed by atoms with Crippen LogP contribution in [0.15, 0.2) is 36.4 Å². The second kappa shape index (κ2) is 12.5. The van der Waals surface area contributed by atoms with Gasteiger partial charge in [-0.1, -0.05) is 62.2 Å². The number of ether oxygens (including phenoxy) is 1. The lowest BCUT2D eigenvalue weighted by molar-refractivity contribution is -0.143. The number of rotatable bonds is 8. The molecule has 3 rings (SSSR count). The summed E-state index contributed by atoms with van der Waals surface area (Å²) in [4.78, 5) is 26.7. The van der Waals surface area contributed by atoms with E-state index in [-0.39, 0.29) is 58.7 Å². The van der Waals surface area contributed by atoms with Gasteiger partial charge in [-0.05, 0) is 43.4 Å². The maximum atomic E-state index is 15.6. The van der Waals surface area contributed by atoms with E-state index in [9.17, 15) is 14.9 Å². The molecule has 0 aliphatic carbocycles. The monoisotopic (exact) mass is 579 g/mol. The van der Waals surface area contributed by atoms with Gasteiger partial charge in [0.1, 0.15) is 17.0 Å². The molecule has 2 aromatic carbocycles. The summed E-state index contributed by atoms with van der Waals surface area (Å²) < 4.78 is 36.1. The maximum Gasteiger partial charge on any atom is 0.317 e. The van der Waals surface area contributed by atoms with E-state index in [2.05, 4.69) is 11.4 Å². The number of hydrogen-bond donors (Lipinski definition) is 1. The minimum atomic E-state index is -1.66. The Morgan fingerprint density at radius 1 is 1.23 bits per heavy atom. The maximum absolute atomic E-state index is 15.6. The first-order valence-electron chi connectivity index (χ1n) is 12.9. The van der Waals surface area contributed by atoms with Crippen molar-refractivity contribution in [1.82, 2.24) is 10.2 Å². The smallest absolute Gasteiger partial charge is 0.317 e. The quantitative estimate of drug-likeness (QED) is 0.265. The van der Waals surface area contributed by atoms with E-state index in [0.29, 0.717) is 12.8 Å². The first kappa shape index (κ1) is 30.6. The Labute approximate surface area is 238 Å². The van der Waals surface area contributed by atoms with Crippen LogP contribution in [0, 0.1) is 34.3 Å². The molecule has 0 spiro atoms. The van der Waals surface area contributed by atoms with Crippen molar-refractivity contribution in [2.75, 3.05) is 19.7 Å². The molecule has 10 heteroatoms. The number of nitrogens with zero attached hydrogens (tertiary/aromatic N) is 2. The van der Waals surface area contributed by atoms with Crippen molar-refractivity contribution in [2.24, 2.45) is 11.3 Å². The summed E-state index contributed by atoms with van der Waals surface area (Å²) in [5.41, 5.74) is -1.92. The highest BCUT2D eigenvalue weighted by Crippen LogP contribution is 2.56. The largest absolute Gasteiger partial charge is 0.466 e. The van der Waals surface area contributed by atoms with Crippen molar-refractivity contribution in [3.63, 3.8) is 0 Å². The molecule has 1 fully saturated rings. The van der Waals surface area contributed by atoms with E-state index in [1.54, 1.807) is 6.92 Å². The molecule has 0 bridgehead atoms. The van der Waals surface area contributed by atoms with Crippen molar-refractivity contribution in [3.05, 3.63) is 69.2 Å². The molecule has 1 saturated heterocycles. The molecule has 0 saturated carbocycles. The van der Waals surface area contributed by atoms with Crippen molar-refractivity contribution < 1.29 is 23.1 Å². The molecule has 6 nitrogen and oxygen atoms in total. The molecular formula is C29H33Cl2F2N3O3. The highest BCUT2D eigenvalue weighted by Gasteiger charge is 2.60. The normalized spacial score (nSPS) is 20.9. The van der Waals surface area contributed by atoms with Gasteiger partial charge >= 0.3 is 12.0 Å². The average Bonchev–Trinajstić information content (AvgIpc) is 3.16. The second-order valence-electron chi connectivity index (χ2n) is 10.9. The molecule has 0 unspecified atom stereocenters. The van der Waals surface area contributed by atoms with Crippen LogP contribution in [-0.4, -0.2) is 36.6 Å². The fourth-order valence-corrected chi connectivity index (χ4v) is 5.77. The van der Waals surface area contributed by atoms with Gasteiger partial charge in [0.05, 0.1) is 23.7 Å². The summed E-state index contributed by atoms with van der Waals surface area (Å²) >= 11 is 12.2. The van der Waals surface area contributed by atoms with Crippen LogP contribution in [-0.2, 0) is 14.9 Å². The van der Waals surface area contributed by atoms with Crippen LogP contribution in [0.2, 0.25) is 10.0 Å². The predicted octanol–water partition coefficient (Wildman–Crippen LogP) is 7.20. The van der Waals surface area contributed by atoms with Crippen LogP contribution < -0.4 is 5.32 Å². The average molecular weight is 581 g/mol. The van der Waals surface area contributed by atoms with Crippen LogP contribution in [0.5, 0.6) is 0 Å². The first-order valence-corrected chi connectivity index (χ1v) is 13.6. The van der Waals surface area contributed by atoms with Crippen molar-refractivity contribution in [2.45, 2.75) is 58.4 Å². The standard InChI is InChI=1S/C29H33Cl2F2N3O3/c1-5-39-24(37)10-7-13-35-27(38)36-16-18(15-28(2,3)4)29(17-34,21-12-11-19(30)14-23(21)32)26(36)20-8-6-9-22(31)25(20)33/h6,8-9,11-12,14,18,26H,5,7,10,13,15-16H2,1-4H3,(H,35,38)/t18-,26-,29-/m1/s1. The molecule has 1 aliphatic rings. The number of amides is 2. The number of benzene rings is 2. The van der Waals surface area contributed by atoms with E-state index in [1.807, 2.05) is 20.8 Å². The van der Waals surface area contributed by atoms with Crippen LogP contribution in [0.4, 0.5) is 13.6 Å². The summed E-state index contributed by atoms with van der Waals surface area (Å²) in [7, 11) is 0. The Morgan fingerprint density at radius 3 is 2.56 bits per heavy atom. The third-order valence-electron chi connectivity index (χ3n) is 6.90. The van der Waals surface area contributed by atoms with Gasteiger partial charge in [-0.25, -0.2) is 13.6 Å². The summed E-state index contributed by atoms with van der Waals surface area (Å²) in [6.07, 6.45) is 0.883. The second-order valence-corrected chi connectivity index (χ2v) is 11.7. The summed E-state index contributed by atoms with van der Waals surface area (Å²) in [6.45, 7) is 8.14. The fourth-order valence-electron chi connectivity index (χ4n) is 5.43. The van der Waals surface area contributed by atoms with E-state index >= 15 is 8.78 Å². The minimum absolute atomic E-state index is 0.0106. The Morgan fingerprint density at radius 2 is 1.95 bits per heavy atom. The number of urea groups is 1. The van der Waals surface area contributed by atoms with Crippen molar-refractivity contribution >= 4 is 35.2 Å². The Hall–Kier alpha value is -2.89. The highest BCUT2D eigenvalue weighted by molar-refractivity contribution is 6.31. The van der Waals surface area contributed by atoms with E-state index < -0.39 is 35.0 Å². The van der Waals surface area contributed by atoms with E-state index in [4.69, 9.17) is 27.9 Å². The first-order chi connectivity index (χ1) is 18.4. The lowest BCUT2D eigenvalue weighted by atomic mass is 9.63. The van der Waals surface area contributed by atoms with Crippen LogP contribution in [0.3, 0.4) is 0 Å². The third kappa shape index (κ3) is 6.64. The number of nitriles is 1. The van der Waals surface area contributed by atoms with Crippen LogP contribution in [0.25, 0.3) is 0 Å². The number of halogens is 4. The van der Waals surface area contributed by atoms with Gasteiger partial charge in [0.25, 0.3) is 0 Å². The number of hydrogen-bond acceptors (Lipinski definition) is 4. The molecule has 3 atom stereocenters. The Bertz CT molecular complexity index is 1260. The summed E-state index contributed by atoms with van der Waals surface area (Å²) in [5.74, 6) is -2.44. The van der Waals surface area contributed by atoms with Crippen LogP contribution >= 0.6 is 23.2 Å². The number of esters is 1. The molecule has 1 heterocycles. The SMILES string of the molecule is CCOC(=O)CCCNC(=O)N1C[C@@H](CC(C)(C)C)[C@](C#N)(c2ccc(Cl)cc2F)[C@H]1c1cccc(Cl)c1F. The molecule has 2 amide bonds. The predicted molar refractivity (Wildman–Crippen MR) is 146 cm³/mol. The molecule has 39 heavy (non-hydrogen) atoms. The van der Waals surface area contributed by atoms with Gasteiger partial charge in [0.15, 0.2) is 0 Å². The lowest BCUT2D eigenvalue weighted by Crippen LogP contribution is -2.44. The van der Waals surface area contributed by atoms with Gasteiger partial charge in [-0.2, -0.15) is 5.26 Å². The molecule has 0 aromatic heterocycles. The fraction of sp³-hybridized carbons (Fsp3) is 0.483. The van der Waals surface area contributed by atoms with Crippen molar-refractivity contribution in [1.29, 1.82) is 5.26 Å². The summed E-state index contributed by atoms with van der Waals surface area (Å²) in [6, 6.07) is 8.98. The third-order valence-corrected chi connectivity index (χ3v) is 7.43. The van der Waals surface area contributed by atoms with Gasteiger partial charge < -0.3 is 15.0 Å². The number of carbonyl (C=O) groups is 2. The van der Waals surface area contributed by atoms with Crippen LogP contribution in [0.1, 0.15) is 64.1 Å². The highest BCUT2D eigenvalue weighted by atomic mass is 35.5. The molecule has 1 aliphatic heterocycles. The minimum Gasteiger partial charge on any atom is -0.466 e. The van der Waals surface area contributed by atoms with E-state index in [1.165, 1.54) is 35.2 Å². The molecule has 1 N–H and O–H groups in total. The lowest BCUT2D eigenvalue weighted by Gasteiger charge is -2.38. The zero-order valence-electron chi connectivity index (χ0n) is 22.5. The van der Waals surface area contributed by atoms with Gasteiger partial charge in [-0.15, -0.1) is 0 Å². The Balaban J connectivity index is 2.14. The zero-order chi connectivity index (χ0) is 29.0. The molecule has 0 radical (unpaired) electrons. The van der Waals surface area contributed by atoms with Gasteiger partial charge in [0, 0.05) is 41.6 Å². The number of likely N-dealkylation sites (tertiary alicyclic amines) is 1. The Kier molecular flexibility index (Phi) is 9.84. The van der Waals surface area contributed by atoms with Gasteiger partial charge in [-0.3, -0.25) is 4.79 Å². The molecule has 2 aromatic rings. The van der Waals surface area contributed by atoms with E-state index in [0.717, 1.165) is 6.07 Å². The molecular weight excluding hydrogens is 547 g/mol.